The van der Waals surface area contributed by atoms with E-state index in [9.17, 15) is 5.11 Å². The van der Waals surface area contributed by atoms with Crippen molar-refractivity contribution in [3.8, 4) is 0 Å². The van der Waals surface area contributed by atoms with E-state index in [4.69, 9.17) is 11.6 Å². The van der Waals surface area contributed by atoms with E-state index in [1.54, 1.807) is 6.33 Å². The normalized spacial score (nSPS) is 16.3. The van der Waals surface area contributed by atoms with Gasteiger partial charge in [0.2, 0.25) is 0 Å². The quantitative estimate of drug-likeness (QED) is 0.454. The molecule has 3 heterocycles. The van der Waals surface area contributed by atoms with Crippen molar-refractivity contribution in [2.75, 3.05) is 23.3 Å². The monoisotopic (exact) mass is 422 g/mol. The highest BCUT2D eigenvalue weighted by Gasteiger charge is 2.25. The molecule has 1 aliphatic rings. The highest BCUT2D eigenvalue weighted by molar-refractivity contribution is 6.36. The zero-order valence-corrected chi connectivity index (χ0v) is 17.4. The molecule has 7 nitrogen and oxygen atoms in total. The summed E-state index contributed by atoms with van der Waals surface area (Å²) >= 11 is 6.69. The lowest BCUT2D eigenvalue weighted by molar-refractivity contribution is 0.145. The van der Waals surface area contributed by atoms with Crippen molar-refractivity contribution in [3.05, 3.63) is 53.6 Å². The summed E-state index contributed by atoms with van der Waals surface area (Å²) in [6, 6.07) is 10.2. The number of hydrogen-bond donors (Lipinski definition) is 3. The third-order valence-electron chi connectivity index (χ3n) is 5.81. The summed E-state index contributed by atoms with van der Waals surface area (Å²) in [4.78, 5) is 18.3. The fourth-order valence-electron chi connectivity index (χ4n) is 4.26. The number of anilines is 2. The summed E-state index contributed by atoms with van der Waals surface area (Å²) < 4.78 is 0. The topological polar surface area (TPSA) is 90.0 Å². The fourth-order valence-corrected chi connectivity index (χ4v) is 4.54. The number of rotatable bonds is 4. The van der Waals surface area contributed by atoms with Crippen LogP contribution in [0.25, 0.3) is 21.9 Å². The number of imidazole rings is 1. The molecular weight excluding hydrogens is 400 g/mol. The van der Waals surface area contributed by atoms with Crippen LogP contribution in [-0.2, 0) is 0 Å². The number of aliphatic hydroxyl groups excluding tert-OH is 1. The van der Waals surface area contributed by atoms with Gasteiger partial charge in [-0.1, -0.05) is 35.9 Å². The van der Waals surface area contributed by atoms with Gasteiger partial charge in [0.15, 0.2) is 11.5 Å². The summed E-state index contributed by atoms with van der Waals surface area (Å²) in [5.74, 6) is 0.679. The zero-order chi connectivity index (χ0) is 20.7. The molecule has 0 amide bonds. The first-order chi connectivity index (χ1) is 14.6. The van der Waals surface area contributed by atoms with E-state index in [1.807, 2.05) is 18.2 Å². The number of nitrogens with one attached hydrogen (secondary N) is 2. The minimum absolute atomic E-state index is 0.0660. The predicted octanol–water partition coefficient (Wildman–Crippen LogP) is 4.29. The van der Waals surface area contributed by atoms with Gasteiger partial charge in [-0.2, -0.15) is 0 Å². The van der Waals surface area contributed by atoms with Crippen molar-refractivity contribution in [1.82, 2.24) is 19.9 Å². The summed E-state index contributed by atoms with van der Waals surface area (Å²) in [6.45, 7) is 3.72. The van der Waals surface area contributed by atoms with Crippen molar-refractivity contribution in [3.63, 3.8) is 0 Å². The predicted molar refractivity (Wildman–Crippen MR) is 120 cm³/mol. The van der Waals surface area contributed by atoms with Gasteiger partial charge in [0.05, 0.1) is 18.5 Å². The lowest BCUT2D eigenvalue weighted by Gasteiger charge is -2.35. The molecule has 0 spiro atoms. The molecule has 1 unspecified atom stereocenters. The third kappa shape index (κ3) is 3.34. The molecule has 0 bridgehead atoms. The molecule has 3 N–H and O–H groups in total. The average Bonchev–Trinajstić information content (AvgIpc) is 3.24. The Kier molecular flexibility index (Phi) is 4.92. The van der Waals surface area contributed by atoms with Crippen molar-refractivity contribution >= 4 is 45.0 Å². The van der Waals surface area contributed by atoms with Crippen LogP contribution in [0.2, 0.25) is 5.02 Å². The van der Waals surface area contributed by atoms with Crippen LogP contribution in [0.4, 0.5) is 11.5 Å². The molecule has 0 aliphatic carbocycles. The molecule has 2 aromatic carbocycles. The Bertz CT molecular complexity index is 1200. The van der Waals surface area contributed by atoms with E-state index < -0.39 is 0 Å². The summed E-state index contributed by atoms with van der Waals surface area (Å²) in [5.41, 5.74) is 3.66. The van der Waals surface area contributed by atoms with Crippen molar-refractivity contribution in [2.45, 2.75) is 31.9 Å². The minimum atomic E-state index is -0.229. The molecule has 2 aromatic heterocycles. The first kappa shape index (κ1) is 19.1. The van der Waals surface area contributed by atoms with Crippen LogP contribution < -0.4 is 10.2 Å². The van der Waals surface area contributed by atoms with E-state index in [2.05, 4.69) is 49.2 Å². The maximum Gasteiger partial charge on any atom is 0.162 e. The second kappa shape index (κ2) is 7.74. The molecule has 4 aromatic rings. The van der Waals surface area contributed by atoms with Crippen LogP contribution in [0.15, 0.2) is 43.0 Å². The molecule has 1 aliphatic heterocycles. The molecule has 1 fully saturated rings. The van der Waals surface area contributed by atoms with Gasteiger partial charge >= 0.3 is 0 Å². The Balaban J connectivity index is 1.60. The van der Waals surface area contributed by atoms with Gasteiger partial charge in [-0.25, -0.2) is 15.0 Å². The lowest BCUT2D eigenvalue weighted by Crippen LogP contribution is -2.36. The van der Waals surface area contributed by atoms with Gasteiger partial charge in [-0.05, 0) is 31.4 Å². The summed E-state index contributed by atoms with van der Waals surface area (Å²) in [5, 5.41) is 16.4. The molecule has 5 rings (SSSR count). The van der Waals surface area contributed by atoms with Crippen molar-refractivity contribution in [1.29, 1.82) is 0 Å². The van der Waals surface area contributed by atoms with Crippen LogP contribution in [0.1, 0.15) is 31.4 Å². The number of benzene rings is 2. The van der Waals surface area contributed by atoms with Crippen LogP contribution in [0.5, 0.6) is 0 Å². The number of aliphatic hydroxyl groups is 1. The standard InChI is InChI=1S/C22H23ClN6O/c1-13(28-22-19-21(25-11-24-19)26-12-27-22)17-10-18(23)15-4-2-3-5-16(15)20(17)29-8-6-14(30)7-9-29/h2-5,10-14,30H,6-9H2,1H3,(H2,24,25,26,27,28). The van der Waals surface area contributed by atoms with E-state index in [-0.39, 0.29) is 12.1 Å². The van der Waals surface area contributed by atoms with Crippen LogP contribution in [0.3, 0.4) is 0 Å². The smallest absolute Gasteiger partial charge is 0.162 e. The number of aromatic nitrogens is 4. The summed E-state index contributed by atoms with van der Waals surface area (Å²) in [7, 11) is 0. The van der Waals surface area contributed by atoms with Gasteiger partial charge in [0.25, 0.3) is 0 Å². The minimum Gasteiger partial charge on any atom is -0.393 e. The number of H-pyrrole nitrogens is 1. The Hall–Kier alpha value is -2.90. The Morgan fingerprint density at radius 1 is 1.17 bits per heavy atom. The van der Waals surface area contributed by atoms with Gasteiger partial charge in [-0.15, -0.1) is 0 Å². The first-order valence-electron chi connectivity index (χ1n) is 10.2. The van der Waals surface area contributed by atoms with Gasteiger partial charge in [0.1, 0.15) is 11.8 Å². The highest BCUT2D eigenvalue weighted by Crippen LogP contribution is 2.40. The van der Waals surface area contributed by atoms with Crippen molar-refractivity contribution < 1.29 is 5.11 Å². The zero-order valence-electron chi connectivity index (χ0n) is 16.6. The molecule has 154 valence electrons. The van der Waals surface area contributed by atoms with Crippen LogP contribution >= 0.6 is 11.6 Å². The molecule has 0 radical (unpaired) electrons. The maximum atomic E-state index is 10.0. The molecule has 1 saturated heterocycles. The fraction of sp³-hybridized carbons (Fsp3) is 0.318. The van der Waals surface area contributed by atoms with E-state index in [0.717, 1.165) is 53.0 Å². The molecular formula is C22H23ClN6O. The van der Waals surface area contributed by atoms with E-state index in [1.165, 1.54) is 6.33 Å². The molecule has 30 heavy (non-hydrogen) atoms. The van der Waals surface area contributed by atoms with Gasteiger partial charge in [0, 0.05) is 34.6 Å². The third-order valence-corrected chi connectivity index (χ3v) is 6.13. The van der Waals surface area contributed by atoms with Gasteiger partial charge < -0.3 is 20.3 Å². The maximum absolute atomic E-state index is 10.0. The second-order valence-electron chi connectivity index (χ2n) is 7.75. The second-order valence-corrected chi connectivity index (χ2v) is 8.16. The number of aromatic amines is 1. The average molecular weight is 423 g/mol. The Morgan fingerprint density at radius 2 is 1.93 bits per heavy atom. The molecule has 8 heteroatoms. The summed E-state index contributed by atoms with van der Waals surface area (Å²) in [6.07, 6.45) is 4.44. The van der Waals surface area contributed by atoms with Crippen molar-refractivity contribution in [2.24, 2.45) is 0 Å². The molecule has 1 atom stereocenters. The van der Waals surface area contributed by atoms with Gasteiger partial charge in [-0.3, -0.25) is 0 Å². The van der Waals surface area contributed by atoms with Crippen LogP contribution in [-0.4, -0.2) is 44.2 Å². The number of fused-ring (bicyclic) bond motifs is 2. The lowest BCUT2D eigenvalue weighted by atomic mass is 9.96. The molecule has 0 saturated carbocycles. The number of hydrogen-bond acceptors (Lipinski definition) is 6. The Labute approximate surface area is 179 Å². The largest absolute Gasteiger partial charge is 0.393 e. The number of piperidine rings is 1. The number of halogens is 1. The Morgan fingerprint density at radius 3 is 2.73 bits per heavy atom. The highest BCUT2D eigenvalue weighted by atomic mass is 35.5. The van der Waals surface area contributed by atoms with E-state index >= 15 is 0 Å². The SMILES string of the molecule is CC(Nc1ncnc2[nH]cnc12)c1cc(Cl)c2ccccc2c1N1CCC(O)CC1. The number of nitrogens with zero attached hydrogens (tertiary/aromatic N) is 4. The first-order valence-corrected chi connectivity index (χ1v) is 10.5. The van der Waals surface area contributed by atoms with E-state index in [0.29, 0.717) is 17.0 Å². The van der Waals surface area contributed by atoms with Crippen LogP contribution in [0, 0.1) is 0 Å².